The summed E-state index contributed by atoms with van der Waals surface area (Å²) in [5.74, 6) is 0.842. The molecule has 6 heteroatoms. The summed E-state index contributed by atoms with van der Waals surface area (Å²) in [5.41, 5.74) is 1.15. The summed E-state index contributed by atoms with van der Waals surface area (Å²) in [6, 6.07) is 7.88. The molecule has 0 unspecified atom stereocenters. The number of hydrogen-bond acceptors (Lipinski definition) is 3. The second kappa shape index (κ2) is 10.5. The van der Waals surface area contributed by atoms with Gasteiger partial charge in [0.15, 0.2) is 5.96 Å². The number of nitrogens with zero attached hydrogens (tertiary/aromatic N) is 3. The summed E-state index contributed by atoms with van der Waals surface area (Å²) >= 11 is 6.00. The van der Waals surface area contributed by atoms with Gasteiger partial charge >= 0.3 is 0 Å². The number of halogens is 1. The summed E-state index contributed by atoms with van der Waals surface area (Å²) < 4.78 is 0. The maximum Gasteiger partial charge on any atom is 0.191 e. The van der Waals surface area contributed by atoms with E-state index in [-0.39, 0.29) is 0 Å². The van der Waals surface area contributed by atoms with Crippen molar-refractivity contribution in [3.05, 3.63) is 34.9 Å². The molecule has 0 aromatic heterocycles. The average Bonchev–Trinajstić information content (AvgIpc) is 2.59. The molecular formula is C18H30ClN5. The molecule has 2 N–H and O–H groups in total. The van der Waals surface area contributed by atoms with Gasteiger partial charge in [0.1, 0.15) is 0 Å². The first-order chi connectivity index (χ1) is 11.7. The Hall–Kier alpha value is -1.30. The number of likely N-dealkylation sites (N-methyl/N-ethyl adjacent to an activating group) is 1. The molecule has 1 fully saturated rings. The third kappa shape index (κ3) is 7.07. The molecule has 1 saturated heterocycles. The van der Waals surface area contributed by atoms with Crippen LogP contribution in [0.2, 0.25) is 5.02 Å². The molecule has 0 spiro atoms. The van der Waals surface area contributed by atoms with E-state index in [1.807, 2.05) is 18.2 Å². The highest BCUT2D eigenvalue weighted by molar-refractivity contribution is 6.30. The number of piperazine rings is 1. The largest absolute Gasteiger partial charge is 0.356 e. The number of benzene rings is 1. The minimum atomic E-state index is 0.724. The van der Waals surface area contributed by atoms with Crippen molar-refractivity contribution in [3.63, 3.8) is 0 Å². The van der Waals surface area contributed by atoms with Crippen LogP contribution in [-0.4, -0.2) is 69.1 Å². The number of unbranched alkanes of at least 4 members (excludes halogenated alkanes) is 1. The van der Waals surface area contributed by atoms with Crippen LogP contribution in [0.5, 0.6) is 0 Å². The van der Waals surface area contributed by atoms with Gasteiger partial charge in [-0.2, -0.15) is 0 Å². The van der Waals surface area contributed by atoms with Gasteiger partial charge in [0.25, 0.3) is 0 Å². The average molecular weight is 352 g/mol. The highest BCUT2D eigenvalue weighted by Gasteiger charge is 2.12. The maximum atomic E-state index is 6.00. The highest BCUT2D eigenvalue weighted by atomic mass is 35.5. The lowest BCUT2D eigenvalue weighted by atomic mass is 10.2. The van der Waals surface area contributed by atoms with E-state index in [0.29, 0.717) is 0 Å². The summed E-state index contributed by atoms with van der Waals surface area (Å²) in [6.07, 6.45) is 2.38. The van der Waals surface area contributed by atoms with E-state index < -0.39 is 0 Å². The predicted molar refractivity (Wildman–Crippen MR) is 103 cm³/mol. The summed E-state index contributed by atoms with van der Waals surface area (Å²) in [6.45, 7) is 7.66. The van der Waals surface area contributed by atoms with Crippen LogP contribution < -0.4 is 10.6 Å². The number of hydrogen-bond donors (Lipinski definition) is 2. The molecule has 1 aromatic carbocycles. The van der Waals surface area contributed by atoms with Gasteiger partial charge in [0.05, 0.1) is 0 Å². The molecule has 1 heterocycles. The highest BCUT2D eigenvalue weighted by Crippen LogP contribution is 2.10. The fourth-order valence-corrected chi connectivity index (χ4v) is 3.00. The molecule has 0 atom stereocenters. The fourth-order valence-electron chi connectivity index (χ4n) is 2.79. The number of aliphatic imine (C=N–C) groups is 1. The van der Waals surface area contributed by atoms with E-state index >= 15 is 0 Å². The fraction of sp³-hybridized carbons (Fsp3) is 0.611. The molecule has 5 nitrogen and oxygen atoms in total. The monoisotopic (exact) mass is 351 g/mol. The Morgan fingerprint density at radius 1 is 1.17 bits per heavy atom. The smallest absolute Gasteiger partial charge is 0.191 e. The van der Waals surface area contributed by atoms with Gasteiger partial charge in [0.2, 0.25) is 0 Å². The van der Waals surface area contributed by atoms with Gasteiger partial charge in [-0.15, -0.1) is 0 Å². The Balaban J connectivity index is 1.56. The Morgan fingerprint density at radius 2 is 1.96 bits per heavy atom. The number of rotatable bonds is 7. The van der Waals surface area contributed by atoms with E-state index in [9.17, 15) is 0 Å². The molecule has 1 aliphatic heterocycles. The second-order valence-corrected chi connectivity index (χ2v) is 6.77. The molecule has 0 saturated carbocycles. The van der Waals surface area contributed by atoms with Crippen molar-refractivity contribution in [1.82, 2.24) is 20.4 Å². The van der Waals surface area contributed by atoms with E-state index in [4.69, 9.17) is 11.6 Å². The first-order valence-corrected chi connectivity index (χ1v) is 9.15. The Kier molecular flexibility index (Phi) is 8.36. The van der Waals surface area contributed by atoms with Crippen molar-refractivity contribution in [2.24, 2.45) is 4.99 Å². The van der Waals surface area contributed by atoms with Gasteiger partial charge in [-0.1, -0.05) is 23.7 Å². The molecule has 0 amide bonds. The van der Waals surface area contributed by atoms with Crippen LogP contribution in [0.4, 0.5) is 0 Å². The zero-order chi connectivity index (χ0) is 17.2. The zero-order valence-corrected chi connectivity index (χ0v) is 15.6. The van der Waals surface area contributed by atoms with Crippen LogP contribution in [0.15, 0.2) is 29.3 Å². The topological polar surface area (TPSA) is 42.9 Å². The van der Waals surface area contributed by atoms with Crippen molar-refractivity contribution < 1.29 is 0 Å². The quantitative estimate of drug-likeness (QED) is 0.448. The van der Waals surface area contributed by atoms with Crippen LogP contribution in [0, 0.1) is 0 Å². The number of nitrogens with one attached hydrogen (secondary N) is 2. The minimum absolute atomic E-state index is 0.724. The normalized spacial score (nSPS) is 17.0. The van der Waals surface area contributed by atoms with Crippen LogP contribution in [0.25, 0.3) is 0 Å². The van der Waals surface area contributed by atoms with Crippen LogP contribution >= 0.6 is 11.6 Å². The van der Waals surface area contributed by atoms with E-state index in [1.165, 1.54) is 39.1 Å². The zero-order valence-electron chi connectivity index (χ0n) is 14.9. The Bertz CT molecular complexity index is 512. The van der Waals surface area contributed by atoms with Crippen LogP contribution in [0.3, 0.4) is 0 Å². The third-order valence-electron chi connectivity index (χ3n) is 4.36. The molecule has 0 bridgehead atoms. The molecular weight excluding hydrogens is 322 g/mol. The van der Waals surface area contributed by atoms with Crippen molar-refractivity contribution >= 4 is 17.6 Å². The lowest BCUT2D eigenvalue weighted by molar-refractivity contribution is 0.152. The first-order valence-electron chi connectivity index (χ1n) is 8.77. The van der Waals surface area contributed by atoms with Crippen molar-refractivity contribution in [2.75, 3.05) is 53.4 Å². The van der Waals surface area contributed by atoms with E-state index in [0.717, 1.165) is 36.1 Å². The van der Waals surface area contributed by atoms with Gasteiger partial charge in [-0.3, -0.25) is 4.99 Å². The van der Waals surface area contributed by atoms with Gasteiger partial charge in [0, 0.05) is 51.3 Å². The van der Waals surface area contributed by atoms with Gasteiger partial charge in [-0.25, -0.2) is 0 Å². The van der Waals surface area contributed by atoms with Crippen molar-refractivity contribution in [1.29, 1.82) is 0 Å². The molecule has 1 aliphatic rings. The third-order valence-corrected chi connectivity index (χ3v) is 4.60. The second-order valence-electron chi connectivity index (χ2n) is 6.33. The summed E-state index contributed by atoms with van der Waals surface area (Å²) in [4.78, 5) is 9.23. The van der Waals surface area contributed by atoms with E-state index in [2.05, 4.69) is 38.5 Å². The lowest BCUT2D eigenvalue weighted by Gasteiger charge is -2.32. The summed E-state index contributed by atoms with van der Waals surface area (Å²) in [5, 5.41) is 7.47. The van der Waals surface area contributed by atoms with Crippen LogP contribution in [0.1, 0.15) is 18.4 Å². The van der Waals surface area contributed by atoms with Gasteiger partial charge in [-0.05, 0) is 44.1 Å². The van der Waals surface area contributed by atoms with Gasteiger partial charge < -0.3 is 20.4 Å². The van der Waals surface area contributed by atoms with Crippen molar-refractivity contribution in [2.45, 2.75) is 19.4 Å². The van der Waals surface area contributed by atoms with Crippen molar-refractivity contribution in [3.8, 4) is 0 Å². The summed E-state index contributed by atoms with van der Waals surface area (Å²) in [7, 11) is 4.00. The molecule has 0 radical (unpaired) electrons. The standard InChI is InChI=1S/C18H30ClN5/c1-20-18(22-15-16-6-5-7-17(19)14-16)21-8-3-4-9-24-12-10-23(2)11-13-24/h5-7,14H,3-4,8-13,15H2,1-2H3,(H2,20,21,22). The predicted octanol–water partition coefficient (Wildman–Crippen LogP) is 2.03. The van der Waals surface area contributed by atoms with E-state index in [1.54, 1.807) is 7.05 Å². The maximum absolute atomic E-state index is 6.00. The minimum Gasteiger partial charge on any atom is -0.356 e. The molecule has 134 valence electrons. The molecule has 2 rings (SSSR count). The number of guanidine groups is 1. The first kappa shape index (κ1) is 19.0. The SMILES string of the molecule is CN=C(NCCCCN1CCN(C)CC1)NCc1cccc(Cl)c1. The Labute approximate surface area is 151 Å². The van der Waals surface area contributed by atoms with Crippen LogP contribution in [-0.2, 0) is 6.54 Å². The molecule has 0 aliphatic carbocycles. The Morgan fingerprint density at radius 3 is 2.67 bits per heavy atom. The molecule has 1 aromatic rings. The lowest BCUT2D eigenvalue weighted by Crippen LogP contribution is -2.44. The molecule has 24 heavy (non-hydrogen) atoms.